The molecule has 3 aromatic rings. The van der Waals surface area contributed by atoms with E-state index in [4.69, 9.17) is 0 Å². The van der Waals surface area contributed by atoms with Crippen LogP contribution in [-0.2, 0) is 23.1 Å². The average Bonchev–Trinajstić information content (AvgIpc) is 2.93. The molecule has 0 bridgehead atoms. The van der Waals surface area contributed by atoms with Gasteiger partial charge in [-0.2, -0.15) is 17.6 Å². The van der Waals surface area contributed by atoms with Gasteiger partial charge in [0.05, 0.1) is 11.2 Å². The molecule has 1 aliphatic rings. The highest BCUT2D eigenvalue weighted by molar-refractivity contribution is 14.1. The molecule has 0 saturated carbocycles. The van der Waals surface area contributed by atoms with Gasteiger partial charge in [-0.05, 0) is 70.5 Å². The Hall–Kier alpha value is -3.48. The zero-order valence-electron chi connectivity index (χ0n) is 21.9. The van der Waals surface area contributed by atoms with E-state index < -0.39 is 48.0 Å². The van der Waals surface area contributed by atoms with E-state index in [-0.39, 0.29) is 6.42 Å². The largest absolute Gasteiger partial charge is 0.460 e. The summed E-state index contributed by atoms with van der Waals surface area (Å²) in [6.45, 7) is 1.97. The van der Waals surface area contributed by atoms with Crippen molar-refractivity contribution in [2.24, 2.45) is 5.92 Å². The summed E-state index contributed by atoms with van der Waals surface area (Å²) in [7, 11) is 0. The van der Waals surface area contributed by atoms with Crippen LogP contribution in [0.4, 0.5) is 32.4 Å². The molecule has 0 aliphatic heterocycles. The number of urea groups is 1. The van der Waals surface area contributed by atoms with Crippen molar-refractivity contribution in [2.45, 2.75) is 44.3 Å². The van der Waals surface area contributed by atoms with Crippen LogP contribution in [0.15, 0.2) is 96.7 Å². The topological polar surface area (TPSA) is 63.2 Å². The van der Waals surface area contributed by atoms with Crippen LogP contribution in [-0.4, -0.2) is 23.5 Å². The summed E-state index contributed by atoms with van der Waals surface area (Å²) in [4.78, 5) is 18.1. The number of benzene rings is 2. The van der Waals surface area contributed by atoms with E-state index in [1.54, 1.807) is 60.8 Å². The summed E-state index contributed by atoms with van der Waals surface area (Å²) in [5.74, 6) is -2.71. The van der Waals surface area contributed by atoms with Crippen LogP contribution in [0.5, 0.6) is 0 Å². The number of amides is 2. The molecule has 0 fully saturated rings. The van der Waals surface area contributed by atoms with Crippen LogP contribution in [0.1, 0.15) is 30.2 Å². The average molecular weight is 683 g/mol. The first kappa shape index (κ1) is 30.5. The van der Waals surface area contributed by atoms with Crippen LogP contribution in [0.25, 0.3) is 0 Å². The van der Waals surface area contributed by atoms with Crippen molar-refractivity contribution in [3.05, 3.63) is 117 Å². The monoisotopic (exact) mass is 683 g/mol. The van der Waals surface area contributed by atoms with Crippen LogP contribution >= 0.6 is 22.6 Å². The van der Waals surface area contributed by atoms with Gasteiger partial charge in [-0.3, -0.25) is 4.98 Å². The number of anilines is 1. The third-order valence-electron chi connectivity index (χ3n) is 6.67. The van der Waals surface area contributed by atoms with Crippen molar-refractivity contribution in [3.63, 3.8) is 0 Å². The quantitative estimate of drug-likeness (QED) is 0.168. The van der Waals surface area contributed by atoms with E-state index in [1.165, 1.54) is 0 Å². The highest BCUT2D eigenvalue weighted by Gasteiger charge is 2.48. The number of pyridine rings is 1. The molecule has 2 atom stereocenters. The maximum absolute atomic E-state index is 15.0. The maximum atomic E-state index is 15.0. The van der Waals surface area contributed by atoms with E-state index >= 15 is 0 Å². The van der Waals surface area contributed by atoms with Crippen LogP contribution in [0, 0.1) is 9.49 Å². The SMILES string of the molecule is CCc1cccc(NC(=O)N[C@@](Cc2ccccc2)(c2ccc(I)cn2)C2C=C(F)C=C(OC(F)(F)C(F)F)C2)c1. The molecule has 1 aromatic heterocycles. The Morgan fingerprint density at radius 1 is 1.10 bits per heavy atom. The number of nitrogens with one attached hydrogen (secondary N) is 2. The van der Waals surface area contributed by atoms with Gasteiger partial charge in [0, 0.05) is 40.3 Å². The van der Waals surface area contributed by atoms with E-state index in [9.17, 15) is 26.7 Å². The summed E-state index contributed by atoms with van der Waals surface area (Å²) < 4.78 is 73.7. The van der Waals surface area contributed by atoms with E-state index in [0.717, 1.165) is 27.2 Å². The molecule has 2 N–H and O–H groups in total. The van der Waals surface area contributed by atoms with E-state index in [2.05, 4.69) is 42.9 Å². The second kappa shape index (κ2) is 13.0. The minimum Gasteiger partial charge on any atom is -0.433 e. The zero-order valence-corrected chi connectivity index (χ0v) is 24.0. The molecule has 0 radical (unpaired) electrons. The molecule has 4 rings (SSSR count). The molecule has 1 aliphatic carbocycles. The molecule has 41 heavy (non-hydrogen) atoms. The first-order valence-electron chi connectivity index (χ1n) is 12.8. The highest BCUT2D eigenvalue weighted by Crippen LogP contribution is 2.42. The molecular formula is C30H27F5IN3O2. The van der Waals surface area contributed by atoms with E-state index in [0.29, 0.717) is 17.5 Å². The summed E-state index contributed by atoms with van der Waals surface area (Å²) >= 11 is 2.06. The van der Waals surface area contributed by atoms with Gasteiger partial charge in [0.2, 0.25) is 0 Å². The number of carbonyl (C=O) groups is 1. The van der Waals surface area contributed by atoms with Crippen molar-refractivity contribution in [3.8, 4) is 0 Å². The number of nitrogens with zero attached hydrogens (tertiary/aromatic N) is 1. The molecule has 11 heteroatoms. The zero-order chi connectivity index (χ0) is 29.6. The van der Waals surface area contributed by atoms with E-state index in [1.807, 2.05) is 19.1 Å². The predicted octanol–water partition coefficient (Wildman–Crippen LogP) is 8.14. The smallest absolute Gasteiger partial charge is 0.433 e. The first-order valence-corrected chi connectivity index (χ1v) is 13.9. The molecule has 2 amide bonds. The fourth-order valence-corrected chi connectivity index (χ4v) is 5.06. The number of aryl methyl sites for hydroxylation is 1. The number of halogens is 6. The van der Waals surface area contributed by atoms with Gasteiger partial charge < -0.3 is 15.4 Å². The Bertz CT molecular complexity index is 1420. The fraction of sp³-hybridized carbons (Fsp3) is 0.267. The molecule has 0 saturated heterocycles. The molecule has 216 valence electrons. The maximum Gasteiger partial charge on any atom is 0.460 e. The number of hydrogen-bond acceptors (Lipinski definition) is 3. The van der Waals surface area contributed by atoms with Gasteiger partial charge in [0.25, 0.3) is 0 Å². The number of carbonyl (C=O) groups excluding carboxylic acids is 1. The third kappa shape index (κ3) is 7.63. The lowest BCUT2D eigenvalue weighted by molar-refractivity contribution is -0.283. The fourth-order valence-electron chi connectivity index (χ4n) is 4.74. The molecule has 1 unspecified atom stereocenters. The number of ether oxygens (including phenoxy) is 1. The standard InChI is InChI=1S/C30H27F5IN3O2/c1-2-19-9-6-10-24(13-19)38-28(40)39-29(17-20-7-4-3-5-8-20,26-12-11-23(36)18-37-26)21-14-22(31)16-25(15-21)41-30(34,35)27(32)33/h3-14,16,18,21,27H,2,15,17H2,1H3,(H2,38,39,40)/t21?,29-/m1/s1. The van der Waals surface area contributed by atoms with Gasteiger partial charge in [-0.25, -0.2) is 9.18 Å². The lowest BCUT2D eigenvalue weighted by atomic mass is 9.72. The van der Waals surface area contributed by atoms with Crippen molar-refractivity contribution in [2.75, 3.05) is 5.32 Å². The number of allylic oxidation sites excluding steroid dienone is 3. The Kier molecular flexibility index (Phi) is 9.67. The number of alkyl halides is 4. The van der Waals surface area contributed by atoms with Gasteiger partial charge in [-0.15, -0.1) is 0 Å². The van der Waals surface area contributed by atoms with Crippen molar-refractivity contribution >= 4 is 34.3 Å². The second-order valence-corrected chi connectivity index (χ2v) is 10.8. The first-order chi connectivity index (χ1) is 19.5. The summed E-state index contributed by atoms with van der Waals surface area (Å²) in [6, 6.07) is 18.9. The van der Waals surface area contributed by atoms with Crippen molar-refractivity contribution in [1.82, 2.24) is 10.3 Å². The number of hydrogen-bond donors (Lipinski definition) is 2. The Morgan fingerprint density at radius 2 is 1.83 bits per heavy atom. The van der Waals surface area contributed by atoms with Gasteiger partial charge >= 0.3 is 18.6 Å². The summed E-state index contributed by atoms with van der Waals surface area (Å²) in [5, 5.41) is 5.75. The Balaban J connectivity index is 1.79. The summed E-state index contributed by atoms with van der Waals surface area (Å²) in [5.41, 5.74) is 1.03. The lowest BCUT2D eigenvalue weighted by Gasteiger charge is -2.41. The number of aromatic nitrogens is 1. The van der Waals surface area contributed by atoms with Crippen LogP contribution in [0.3, 0.4) is 0 Å². The van der Waals surface area contributed by atoms with Crippen LogP contribution in [0.2, 0.25) is 0 Å². The molecule has 2 aromatic carbocycles. The van der Waals surface area contributed by atoms with Gasteiger partial charge in [0.15, 0.2) is 0 Å². The minimum atomic E-state index is -4.83. The Labute approximate surface area is 248 Å². The molecule has 5 nitrogen and oxygen atoms in total. The Morgan fingerprint density at radius 3 is 2.49 bits per heavy atom. The van der Waals surface area contributed by atoms with Crippen molar-refractivity contribution < 1.29 is 31.5 Å². The minimum absolute atomic E-state index is 0.0663. The molecule has 0 spiro atoms. The summed E-state index contributed by atoms with van der Waals surface area (Å²) in [6.07, 6.45) is -5.19. The van der Waals surface area contributed by atoms with Crippen LogP contribution < -0.4 is 10.6 Å². The van der Waals surface area contributed by atoms with Crippen molar-refractivity contribution in [1.29, 1.82) is 0 Å². The number of rotatable bonds is 10. The highest BCUT2D eigenvalue weighted by atomic mass is 127. The lowest BCUT2D eigenvalue weighted by Crippen LogP contribution is -2.54. The normalized spacial score (nSPS) is 16.8. The van der Waals surface area contributed by atoms with Gasteiger partial charge in [0.1, 0.15) is 11.6 Å². The molecular weight excluding hydrogens is 656 g/mol. The third-order valence-corrected chi connectivity index (χ3v) is 7.31. The molecule has 1 heterocycles. The predicted molar refractivity (Wildman–Crippen MR) is 154 cm³/mol. The van der Waals surface area contributed by atoms with Gasteiger partial charge in [-0.1, -0.05) is 49.4 Å². The second-order valence-electron chi connectivity index (χ2n) is 9.57.